The fraction of sp³-hybridized carbons (Fsp3) is 0.863. The van der Waals surface area contributed by atoms with Gasteiger partial charge >= 0.3 is 36.0 Å². The number of hydrogen-bond acceptors (Lipinski definition) is 20. The minimum Gasteiger partial charge on any atom is -0.550 e. The fourth-order valence-corrected chi connectivity index (χ4v) is 11.2. The second kappa shape index (κ2) is 121. The molecule has 0 heterocycles. The number of rotatable bonds is 74. The Morgan fingerprint density at radius 1 is 0.331 bits per heavy atom. The maximum Gasteiger partial charge on any atom is 0.373 e. The molecule has 0 aromatic rings. The van der Waals surface area contributed by atoms with Crippen LogP contribution in [0.5, 0.6) is 0 Å². The Morgan fingerprint density at radius 2 is 0.581 bits per heavy atom. The van der Waals surface area contributed by atoms with Crippen LogP contribution in [0.25, 0.3) is 0 Å². The summed E-state index contributed by atoms with van der Waals surface area (Å²) in [6, 6.07) is 0. The lowest BCUT2D eigenvalue weighted by Gasteiger charge is -2.15. The molecule has 0 unspecified atom stereocenters. The van der Waals surface area contributed by atoms with Crippen LogP contribution in [0.15, 0.2) is 12.7 Å². The summed E-state index contributed by atoms with van der Waals surface area (Å²) in [6.07, 6.45) is 41.4. The van der Waals surface area contributed by atoms with E-state index in [0.29, 0.717) is 129 Å². The van der Waals surface area contributed by atoms with Crippen molar-refractivity contribution in [3.05, 3.63) is 12.7 Å². The maximum absolute atomic E-state index is 11.8. The molecule has 0 aliphatic heterocycles. The van der Waals surface area contributed by atoms with Gasteiger partial charge in [0.15, 0.2) is 0 Å². The van der Waals surface area contributed by atoms with E-state index < -0.39 is 5.97 Å². The molecule has 0 aromatic heterocycles. The van der Waals surface area contributed by atoms with E-state index in [1.54, 1.807) is 26.6 Å². The quantitative estimate of drug-likeness (QED) is 0.0129. The molecule has 12 N–H and O–H groups in total. The zero-order chi connectivity index (χ0) is 95.2. The number of nitrogens with zero attached hydrogens (tertiary/aromatic N) is 4. The lowest BCUT2D eigenvalue weighted by Crippen LogP contribution is -3.00. The number of unbranched alkanes of at least 4 members (excludes halogenated alkanes) is 21. The van der Waals surface area contributed by atoms with Crippen LogP contribution >= 0.6 is 0 Å². The molecule has 0 fully saturated rings. The normalized spacial score (nSPS) is 9.98. The SMILES string of the molecule is C=CC(=O)N(C)CCC.CCCCCCCC(=O)OCCCCC(=O)OCCCCCC(=O)N(C)CCC.CCCCCCCC(=O)OCCCCC(=O)OCCCCCC(=O)[O-].CCCCCCCC(=O)OCCCCCC(=O)N(C)CCC.CCCN(C)C(=O)CCCCO.CCCNC.CCC[NH2+]C.CCC[NH2+]CC[NH2+]CC[NH2+]CC[NH2+]C.O=C=O. The van der Waals surface area contributed by atoms with Crippen molar-refractivity contribution in [1.29, 1.82) is 0 Å². The molecule has 0 rings (SSSR count). The summed E-state index contributed by atoms with van der Waals surface area (Å²) < 4.78 is 25.8. The van der Waals surface area contributed by atoms with Crippen molar-refractivity contribution in [2.75, 3.05) is 174 Å². The van der Waals surface area contributed by atoms with E-state index in [1.807, 2.05) is 35.1 Å². The summed E-state index contributed by atoms with van der Waals surface area (Å²) in [6.45, 7) is 41.3. The van der Waals surface area contributed by atoms with Gasteiger partial charge < -0.3 is 90.2 Å². The number of amides is 4. The average molecular weight is 1780 g/mol. The second-order valence-corrected chi connectivity index (χ2v) is 31.1. The van der Waals surface area contributed by atoms with Crippen molar-refractivity contribution in [1.82, 2.24) is 24.9 Å². The van der Waals surface area contributed by atoms with Crippen molar-refractivity contribution in [3.63, 3.8) is 0 Å². The maximum atomic E-state index is 11.8. The number of aliphatic hydroxyl groups excluding tert-OH is 1. The van der Waals surface area contributed by atoms with Gasteiger partial charge in [-0.1, -0.05) is 153 Å². The van der Waals surface area contributed by atoms with E-state index in [0.717, 1.165) is 148 Å². The van der Waals surface area contributed by atoms with Crippen molar-refractivity contribution >= 4 is 65.6 Å². The highest BCUT2D eigenvalue weighted by Gasteiger charge is 2.13. The van der Waals surface area contributed by atoms with Gasteiger partial charge in [0.05, 0.1) is 60.2 Å². The summed E-state index contributed by atoms with van der Waals surface area (Å²) in [5, 5.41) is 33.4. The number of carbonyl (C=O) groups is 10. The Labute approximate surface area is 756 Å². The molecule has 0 saturated carbocycles. The van der Waals surface area contributed by atoms with Gasteiger partial charge in [0, 0.05) is 118 Å². The number of carboxylic acids is 1. The van der Waals surface area contributed by atoms with Crippen molar-refractivity contribution in [2.45, 2.75) is 365 Å². The number of nitrogens with one attached hydrogen (secondary N) is 1. The second-order valence-electron chi connectivity index (χ2n) is 31.1. The molecular weight excluding hydrogens is 1590 g/mol. The molecule has 4 amide bonds. The van der Waals surface area contributed by atoms with Crippen molar-refractivity contribution in [3.8, 4) is 0 Å². The van der Waals surface area contributed by atoms with E-state index in [9.17, 15) is 53.1 Å². The fourth-order valence-electron chi connectivity index (χ4n) is 11.2. The number of carbonyl (C=O) groups excluding carboxylic acids is 12. The third-order valence-electron chi connectivity index (χ3n) is 18.7. The standard InChI is InChI=1S/C23H43NO5.C19H34O6.C18H35NO3.C10H26N4.C9H19NO2.C7H13NO.2C4H11N.CO2/c1-4-6-7-8-11-16-22(26)29-20-14-12-17-23(27)28-19-13-9-10-15-21(25)24(3)18-5-2;1-2-3-4-5-8-13-18(22)25-16-11-9-14-19(23)24-15-10-6-7-12-17(20)21;1-4-6-7-8-11-14-18(21)22-16-12-9-10-13-17(20)19(3)15-5-2;1-3-4-12-7-8-14-10-9-13-6-5-11-2;1-3-7-10(2)9(12)6-4-5-8-11;1-4-6-8(3)7(9)5-2;2*1-3-4-5-2;2-1-3/h4-20H2,1-3H3;2-16H2,1H3,(H,20,21);4-16H2,1-3H3;11-14H,3-10H2,1-2H3;11H,3-8H2,1-2H3;5H,2,4,6H2,1,3H3;2*5H,3-4H2,1-2H3;/p+4. The lowest BCUT2D eigenvalue weighted by molar-refractivity contribution is -0.760. The number of aliphatic carboxylic acids is 1. The van der Waals surface area contributed by atoms with Crippen molar-refractivity contribution < 1.29 is 118 Å². The molecule has 29 heteroatoms. The third-order valence-corrected chi connectivity index (χ3v) is 18.7. The predicted octanol–water partition coefficient (Wildman–Crippen LogP) is 9.23. The van der Waals surface area contributed by atoms with Gasteiger partial charge in [-0.25, -0.2) is 0 Å². The minimum atomic E-state index is -1.05. The summed E-state index contributed by atoms with van der Waals surface area (Å²) >= 11 is 0. The molecule has 0 spiro atoms. The molecule has 0 bridgehead atoms. The smallest absolute Gasteiger partial charge is 0.373 e. The first kappa shape index (κ1) is 136. The summed E-state index contributed by atoms with van der Waals surface area (Å²) in [7, 11) is 13.5. The number of quaternary nitrogens is 5. The number of hydrogen-bond donors (Lipinski definition) is 7. The first-order chi connectivity index (χ1) is 59.8. The van der Waals surface area contributed by atoms with Crippen LogP contribution in [0, 0.1) is 0 Å². The molecule has 736 valence electrons. The summed E-state index contributed by atoms with van der Waals surface area (Å²) in [5.41, 5.74) is 0. The predicted molar refractivity (Wildman–Crippen MR) is 496 cm³/mol. The highest BCUT2D eigenvalue weighted by Crippen LogP contribution is 2.12. The molecule has 0 aromatic carbocycles. The van der Waals surface area contributed by atoms with Crippen LogP contribution in [0.1, 0.15) is 365 Å². The number of nitrogens with two attached hydrogens (primary N) is 5. The van der Waals surface area contributed by atoms with Crippen LogP contribution < -0.4 is 37.0 Å². The minimum absolute atomic E-state index is 0.00292. The highest BCUT2D eigenvalue weighted by atomic mass is 16.5. The molecular formula is C95H196N10O19+4. The Hall–Kier alpha value is -6.46. The number of ether oxygens (including phenoxy) is 5. The van der Waals surface area contributed by atoms with Crippen LogP contribution in [-0.4, -0.2) is 264 Å². The average Bonchev–Trinajstić information content (AvgIpc) is 0.985. The van der Waals surface area contributed by atoms with Crippen molar-refractivity contribution in [2.24, 2.45) is 0 Å². The number of aliphatic hydroxyl groups is 1. The van der Waals surface area contributed by atoms with Crippen LogP contribution in [0.4, 0.5) is 0 Å². The van der Waals surface area contributed by atoms with E-state index in [1.165, 1.54) is 135 Å². The first-order valence-electron chi connectivity index (χ1n) is 48.6. The molecule has 0 aliphatic rings. The Morgan fingerprint density at radius 3 is 0.823 bits per heavy atom. The number of esters is 5. The van der Waals surface area contributed by atoms with Gasteiger partial charge in [-0.3, -0.25) is 43.2 Å². The van der Waals surface area contributed by atoms with E-state index >= 15 is 0 Å². The highest BCUT2D eigenvalue weighted by molar-refractivity contribution is 5.86. The van der Waals surface area contributed by atoms with E-state index in [-0.39, 0.29) is 72.7 Å². The monoisotopic (exact) mass is 1780 g/mol. The van der Waals surface area contributed by atoms with E-state index in [4.69, 9.17) is 38.4 Å². The van der Waals surface area contributed by atoms with Gasteiger partial charge in [-0.05, 0) is 187 Å². The van der Waals surface area contributed by atoms with Crippen LogP contribution in [-0.2, 0) is 81.2 Å². The van der Waals surface area contributed by atoms with E-state index in [2.05, 4.69) is 115 Å². The molecule has 29 nitrogen and oxygen atoms in total. The van der Waals surface area contributed by atoms with Gasteiger partial charge in [0.25, 0.3) is 0 Å². The number of likely N-dealkylation sites (N-methyl/N-ethyl adjacent to an activating group) is 2. The number of carboxylic acid groups (broad SMARTS) is 1. The zero-order valence-electron chi connectivity index (χ0n) is 82.7. The lowest BCUT2D eigenvalue weighted by atomic mass is 10.1. The largest absolute Gasteiger partial charge is 0.550 e. The Kier molecular flexibility index (Phi) is 132. The Bertz CT molecular complexity index is 2340. The summed E-state index contributed by atoms with van der Waals surface area (Å²) in [5.74, 6) is -1.30. The van der Waals surface area contributed by atoms with Gasteiger partial charge in [-0.15, -0.1) is 0 Å². The zero-order valence-corrected chi connectivity index (χ0v) is 82.7. The molecule has 0 saturated heterocycles. The van der Waals surface area contributed by atoms with Crippen LogP contribution in [0.3, 0.4) is 0 Å². The molecule has 0 aliphatic carbocycles. The first-order valence-corrected chi connectivity index (χ1v) is 48.6. The molecule has 0 atom stereocenters. The van der Waals surface area contributed by atoms with Gasteiger partial charge in [-0.2, -0.15) is 9.59 Å². The third kappa shape index (κ3) is 131. The summed E-state index contributed by atoms with van der Waals surface area (Å²) in [4.78, 5) is 137. The Balaban J connectivity index is -0.000000183. The van der Waals surface area contributed by atoms with Gasteiger partial charge in [0.2, 0.25) is 23.6 Å². The molecule has 0 radical (unpaired) electrons. The molecule has 124 heavy (non-hydrogen) atoms. The van der Waals surface area contributed by atoms with Crippen LogP contribution in [0.2, 0.25) is 0 Å². The van der Waals surface area contributed by atoms with Gasteiger partial charge in [0.1, 0.15) is 39.3 Å². The topological polar surface area (TPSA) is 402 Å².